The molecule has 0 aromatic carbocycles. The lowest BCUT2D eigenvalue weighted by molar-refractivity contribution is 0.320. The number of hydrogen-bond acceptors (Lipinski definition) is 5. The third kappa shape index (κ3) is 3.06. The Morgan fingerprint density at radius 3 is 2.55 bits per heavy atom. The van der Waals surface area contributed by atoms with E-state index in [0.29, 0.717) is 5.57 Å². The summed E-state index contributed by atoms with van der Waals surface area (Å²) in [4.78, 5) is 8.90. The smallest absolute Gasteiger partial charge is 0.128 e. The highest BCUT2D eigenvalue weighted by molar-refractivity contribution is 7.80. The fourth-order valence-corrected chi connectivity index (χ4v) is 2.48. The van der Waals surface area contributed by atoms with Crippen LogP contribution in [0.5, 0.6) is 0 Å². The van der Waals surface area contributed by atoms with Gasteiger partial charge in [0.15, 0.2) is 0 Å². The second kappa shape index (κ2) is 6.35. The van der Waals surface area contributed by atoms with Crippen LogP contribution >= 0.6 is 12.2 Å². The van der Waals surface area contributed by atoms with Crippen molar-refractivity contribution in [3.63, 3.8) is 0 Å². The van der Waals surface area contributed by atoms with Gasteiger partial charge in [0, 0.05) is 38.1 Å². The van der Waals surface area contributed by atoms with Gasteiger partial charge in [-0.25, -0.2) is 4.98 Å². The van der Waals surface area contributed by atoms with Crippen molar-refractivity contribution in [1.82, 2.24) is 9.88 Å². The van der Waals surface area contributed by atoms with Crippen molar-refractivity contribution in [2.45, 2.75) is 6.92 Å². The van der Waals surface area contributed by atoms with Crippen molar-refractivity contribution in [3.05, 3.63) is 35.7 Å². The average Bonchev–Trinajstić information content (AvgIpc) is 2.48. The fraction of sp³-hybridized carbons (Fsp3) is 0.357. The van der Waals surface area contributed by atoms with E-state index in [1.165, 1.54) is 0 Å². The molecule has 2 rings (SSSR count). The Hall–Kier alpha value is -2.13. The summed E-state index contributed by atoms with van der Waals surface area (Å²) in [5, 5.41) is 9.11. The molecule has 1 aromatic heterocycles. The Labute approximate surface area is 124 Å². The van der Waals surface area contributed by atoms with Gasteiger partial charge in [-0.05, 0) is 19.1 Å². The molecule has 2 heterocycles. The van der Waals surface area contributed by atoms with Crippen LogP contribution in [0.2, 0.25) is 0 Å². The van der Waals surface area contributed by atoms with Crippen molar-refractivity contribution >= 4 is 23.0 Å². The van der Waals surface area contributed by atoms with Crippen molar-refractivity contribution in [2.24, 2.45) is 5.73 Å². The molecule has 2 N–H and O–H groups in total. The minimum absolute atomic E-state index is 0.164. The van der Waals surface area contributed by atoms with Crippen LogP contribution in [0.25, 0.3) is 0 Å². The number of rotatable bonds is 3. The van der Waals surface area contributed by atoms with Crippen LogP contribution in [0.15, 0.2) is 35.7 Å². The van der Waals surface area contributed by atoms with Gasteiger partial charge in [-0.3, -0.25) is 0 Å². The normalized spacial score (nSPS) is 16.4. The molecule has 1 aliphatic rings. The molecule has 6 heteroatoms. The number of piperazine rings is 1. The number of nitriles is 1. The summed E-state index contributed by atoms with van der Waals surface area (Å²) >= 11 is 4.91. The molecular weight excluding hydrogens is 270 g/mol. The Kier molecular flexibility index (Phi) is 4.53. The molecule has 0 radical (unpaired) electrons. The van der Waals surface area contributed by atoms with Crippen LogP contribution in [0.3, 0.4) is 0 Å². The first-order valence-corrected chi connectivity index (χ1v) is 6.86. The van der Waals surface area contributed by atoms with E-state index in [2.05, 4.69) is 20.9 Å². The zero-order chi connectivity index (χ0) is 14.5. The lowest BCUT2D eigenvalue weighted by atomic mass is 10.2. The Bertz CT molecular complexity index is 553. The van der Waals surface area contributed by atoms with Crippen LogP contribution in [0.1, 0.15) is 6.92 Å². The summed E-state index contributed by atoms with van der Waals surface area (Å²) in [6.07, 6.45) is 1.80. The van der Waals surface area contributed by atoms with E-state index in [0.717, 1.165) is 37.7 Å². The zero-order valence-electron chi connectivity index (χ0n) is 11.4. The summed E-state index contributed by atoms with van der Waals surface area (Å²) < 4.78 is 0. The van der Waals surface area contributed by atoms with Gasteiger partial charge in [0.1, 0.15) is 22.4 Å². The van der Waals surface area contributed by atoms with E-state index in [1.54, 1.807) is 6.20 Å². The van der Waals surface area contributed by atoms with Crippen LogP contribution in [0.4, 0.5) is 5.82 Å². The maximum absolute atomic E-state index is 9.11. The average molecular weight is 287 g/mol. The molecule has 0 spiro atoms. The highest BCUT2D eigenvalue weighted by Crippen LogP contribution is 2.17. The predicted molar refractivity (Wildman–Crippen MR) is 83.1 cm³/mol. The molecule has 0 saturated carbocycles. The van der Waals surface area contributed by atoms with Gasteiger partial charge in [0.05, 0.1) is 0 Å². The molecule has 0 atom stereocenters. The molecule has 1 saturated heterocycles. The Morgan fingerprint density at radius 2 is 2.05 bits per heavy atom. The maximum atomic E-state index is 9.11. The number of allylic oxidation sites excluding steroid dienone is 1. The lowest BCUT2D eigenvalue weighted by Gasteiger charge is -2.37. The minimum Gasteiger partial charge on any atom is -0.389 e. The third-order valence-corrected chi connectivity index (χ3v) is 3.65. The zero-order valence-corrected chi connectivity index (χ0v) is 12.2. The van der Waals surface area contributed by atoms with E-state index in [-0.39, 0.29) is 4.99 Å². The Morgan fingerprint density at radius 1 is 1.35 bits per heavy atom. The summed E-state index contributed by atoms with van der Waals surface area (Å²) in [6, 6.07) is 7.99. The minimum atomic E-state index is 0.164. The quantitative estimate of drug-likeness (QED) is 0.513. The fourth-order valence-electron chi connectivity index (χ4n) is 2.28. The van der Waals surface area contributed by atoms with Crippen molar-refractivity contribution < 1.29 is 0 Å². The van der Waals surface area contributed by atoms with E-state index in [4.69, 9.17) is 23.2 Å². The molecule has 5 nitrogen and oxygen atoms in total. The van der Waals surface area contributed by atoms with Crippen molar-refractivity contribution in [3.8, 4) is 6.07 Å². The molecule has 1 aromatic rings. The first kappa shape index (κ1) is 14.3. The maximum Gasteiger partial charge on any atom is 0.128 e. The van der Waals surface area contributed by atoms with E-state index < -0.39 is 0 Å². The highest BCUT2D eigenvalue weighted by atomic mass is 32.1. The van der Waals surface area contributed by atoms with E-state index in [9.17, 15) is 0 Å². The largest absolute Gasteiger partial charge is 0.389 e. The van der Waals surface area contributed by atoms with Gasteiger partial charge >= 0.3 is 0 Å². The van der Waals surface area contributed by atoms with Gasteiger partial charge in [-0.15, -0.1) is 0 Å². The molecule has 1 aliphatic heterocycles. The molecule has 0 aliphatic carbocycles. The molecule has 20 heavy (non-hydrogen) atoms. The predicted octanol–water partition coefficient (Wildman–Crippen LogP) is 1.29. The summed E-state index contributed by atoms with van der Waals surface area (Å²) in [6.45, 7) is 5.29. The summed E-state index contributed by atoms with van der Waals surface area (Å²) in [5.74, 6) is 0.989. The number of nitrogens with two attached hydrogens (primary N) is 1. The topological polar surface area (TPSA) is 69.2 Å². The number of hydrogen-bond donors (Lipinski definition) is 1. The molecule has 0 unspecified atom stereocenters. The first-order chi connectivity index (χ1) is 9.63. The SMILES string of the molecule is C/C(=C(\C#N)C(N)=S)N1CCN(c2ccccn2)CC1. The number of anilines is 1. The van der Waals surface area contributed by atoms with E-state index in [1.807, 2.05) is 25.1 Å². The van der Waals surface area contributed by atoms with Gasteiger partial charge in [-0.2, -0.15) is 5.26 Å². The van der Waals surface area contributed by atoms with Gasteiger partial charge < -0.3 is 15.5 Å². The lowest BCUT2D eigenvalue weighted by Crippen LogP contribution is -2.46. The number of aromatic nitrogens is 1. The van der Waals surface area contributed by atoms with Crippen molar-refractivity contribution in [2.75, 3.05) is 31.1 Å². The second-order valence-corrected chi connectivity index (χ2v) is 5.04. The highest BCUT2D eigenvalue weighted by Gasteiger charge is 2.20. The summed E-state index contributed by atoms with van der Waals surface area (Å²) in [7, 11) is 0. The third-order valence-electron chi connectivity index (χ3n) is 3.45. The van der Waals surface area contributed by atoms with Gasteiger partial charge in [0.2, 0.25) is 0 Å². The second-order valence-electron chi connectivity index (χ2n) is 4.60. The van der Waals surface area contributed by atoms with Gasteiger partial charge in [0.25, 0.3) is 0 Å². The van der Waals surface area contributed by atoms with Crippen LogP contribution < -0.4 is 10.6 Å². The van der Waals surface area contributed by atoms with Gasteiger partial charge in [-0.1, -0.05) is 18.3 Å². The van der Waals surface area contributed by atoms with Crippen molar-refractivity contribution in [1.29, 1.82) is 5.26 Å². The molecular formula is C14H17N5S. The number of nitrogens with zero attached hydrogens (tertiary/aromatic N) is 4. The molecule has 0 amide bonds. The number of thiocarbonyl (C=S) groups is 1. The van der Waals surface area contributed by atoms with Crippen LogP contribution in [-0.2, 0) is 0 Å². The molecule has 0 bridgehead atoms. The summed E-state index contributed by atoms with van der Waals surface area (Å²) in [5.41, 5.74) is 6.85. The first-order valence-electron chi connectivity index (χ1n) is 6.45. The monoisotopic (exact) mass is 287 g/mol. The standard InChI is InChI=1S/C14H17N5S/c1-11(12(10-15)14(16)20)18-6-8-19(9-7-18)13-4-2-3-5-17-13/h2-5H,6-9H2,1H3,(H2,16,20)/b12-11-. The molecule has 104 valence electrons. The van der Waals surface area contributed by atoms with Crippen LogP contribution in [-0.4, -0.2) is 41.1 Å². The van der Waals surface area contributed by atoms with E-state index >= 15 is 0 Å². The Balaban J connectivity index is 2.05. The molecule has 1 fully saturated rings. The van der Waals surface area contributed by atoms with Crippen LogP contribution in [0, 0.1) is 11.3 Å². The number of pyridine rings is 1.